The van der Waals surface area contributed by atoms with Crippen molar-refractivity contribution in [2.45, 2.75) is 32.7 Å². The molecule has 110 valence electrons. The number of halogens is 1. The van der Waals surface area contributed by atoms with Gasteiger partial charge in [-0.1, -0.05) is 15.9 Å². The number of anilines is 1. The molecule has 1 aromatic rings. The van der Waals surface area contributed by atoms with E-state index in [9.17, 15) is 4.79 Å². The third-order valence-electron chi connectivity index (χ3n) is 3.75. The van der Waals surface area contributed by atoms with Gasteiger partial charge in [0.2, 0.25) is 0 Å². The lowest BCUT2D eigenvalue weighted by atomic mass is 10.0. The third kappa shape index (κ3) is 3.33. The summed E-state index contributed by atoms with van der Waals surface area (Å²) in [6.07, 6.45) is 2.06. The molecule has 1 heterocycles. The van der Waals surface area contributed by atoms with Crippen LogP contribution in [-0.2, 0) is 9.53 Å². The van der Waals surface area contributed by atoms with Gasteiger partial charge in [-0.3, -0.25) is 4.79 Å². The number of nitrogens with zero attached hydrogens (tertiary/aromatic N) is 1. The summed E-state index contributed by atoms with van der Waals surface area (Å²) in [7, 11) is 0. The summed E-state index contributed by atoms with van der Waals surface area (Å²) in [6, 6.07) is 4.39. The first-order valence-electron chi connectivity index (χ1n) is 6.92. The van der Waals surface area contributed by atoms with Crippen LogP contribution in [0.3, 0.4) is 0 Å². The molecule has 1 aliphatic heterocycles. The van der Waals surface area contributed by atoms with E-state index >= 15 is 0 Å². The van der Waals surface area contributed by atoms with Gasteiger partial charge in [-0.2, -0.15) is 0 Å². The van der Waals surface area contributed by atoms with Gasteiger partial charge in [-0.15, -0.1) is 0 Å². The van der Waals surface area contributed by atoms with Crippen molar-refractivity contribution in [3.05, 3.63) is 22.2 Å². The molecule has 0 spiro atoms. The van der Waals surface area contributed by atoms with Crippen molar-refractivity contribution in [1.82, 2.24) is 0 Å². The first-order valence-corrected chi connectivity index (χ1v) is 7.71. The topological polar surface area (TPSA) is 38.8 Å². The Morgan fingerprint density at radius 3 is 2.75 bits per heavy atom. The van der Waals surface area contributed by atoms with E-state index in [-0.39, 0.29) is 0 Å². The van der Waals surface area contributed by atoms with Gasteiger partial charge in [0.1, 0.15) is 5.75 Å². The molecule has 1 fully saturated rings. The highest BCUT2D eigenvalue weighted by Gasteiger charge is 2.23. The predicted octanol–water partition coefficient (Wildman–Crippen LogP) is 3.30. The van der Waals surface area contributed by atoms with E-state index < -0.39 is 0 Å². The fourth-order valence-electron chi connectivity index (χ4n) is 2.73. The maximum Gasteiger partial charge on any atom is 0.298 e. The maximum absolute atomic E-state index is 10.6. The summed E-state index contributed by atoms with van der Waals surface area (Å²) in [5.41, 5.74) is 2.11. The Kier molecular flexibility index (Phi) is 5.43. The zero-order valence-corrected chi connectivity index (χ0v) is 13.5. The van der Waals surface area contributed by atoms with Crippen LogP contribution >= 0.6 is 15.9 Å². The number of hydrogen-bond acceptors (Lipinski definition) is 4. The predicted molar refractivity (Wildman–Crippen MR) is 82.4 cm³/mol. The lowest BCUT2D eigenvalue weighted by molar-refractivity contribution is -0.120. The second kappa shape index (κ2) is 7.09. The van der Waals surface area contributed by atoms with Crippen molar-refractivity contribution in [2.24, 2.45) is 0 Å². The average Bonchev–Trinajstić information content (AvgIpc) is 2.46. The molecule has 0 saturated carbocycles. The molecule has 0 atom stereocenters. The van der Waals surface area contributed by atoms with Crippen LogP contribution in [0.25, 0.3) is 0 Å². The molecule has 0 bridgehead atoms. The third-order valence-corrected chi connectivity index (χ3v) is 4.21. The minimum atomic E-state index is 0.475. The van der Waals surface area contributed by atoms with Crippen molar-refractivity contribution < 1.29 is 14.3 Å². The van der Waals surface area contributed by atoms with Gasteiger partial charge in [0.25, 0.3) is 6.47 Å². The quantitative estimate of drug-likeness (QED) is 0.770. The van der Waals surface area contributed by atoms with Gasteiger partial charge in [0, 0.05) is 41.5 Å². The summed E-state index contributed by atoms with van der Waals surface area (Å²) < 4.78 is 11.4. The molecule has 0 amide bonds. The Hall–Kier alpha value is -1.07. The van der Waals surface area contributed by atoms with Crippen LogP contribution in [0.1, 0.15) is 25.3 Å². The molecule has 2 rings (SSSR count). The van der Waals surface area contributed by atoms with Gasteiger partial charge in [0.15, 0.2) is 0 Å². The maximum atomic E-state index is 10.6. The molecule has 0 aromatic heterocycles. The smallest absolute Gasteiger partial charge is 0.298 e. The van der Waals surface area contributed by atoms with Crippen LogP contribution in [0.4, 0.5) is 5.69 Å². The number of rotatable bonds is 5. The van der Waals surface area contributed by atoms with E-state index in [1.54, 1.807) is 0 Å². The summed E-state index contributed by atoms with van der Waals surface area (Å²) in [5, 5.41) is 0. The molecule has 0 aliphatic carbocycles. The highest BCUT2D eigenvalue weighted by Crippen LogP contribution is 2.35. The zero-order valence-electron chi connectivity index (χ0n) is 11.9. The molecular weight excluding hydrogens is 322 g/mol. The van der Waals surface area contributed by atoms with E-state index in [1.807, 2.05) is 13.0 Å². The highest BCUT2D eigenvalue weighted by atomic mass is 79.9. The lowest BCUT2D eigenvalue weighted by Crippen LogP contribution is -2.39. The number of carbonyl (C=O) groups excluding carboxylic acids is 1. The standard InChI is InChI=1S/C15H20BrNO3/c1-3-17(13-4-6-19-7-5-13)14-8-12(16)9-15(11(14)2)20-10-18/h8-10,13H,3-7H2,1-2H3. The van der Waals surface area contributed by atoms with Gasteiger partial charge in [-0.25, -0.2) is 0 Å². The Labute approximate surface area is 128 Å². The van der Waals surface area contributed by atoms with Crippen molar-refractivity contribution in [3.63, 3.8) is 0 Å². The molecule has 0 unspecified atom stereocenters. The molecule has 0 radical (unpaired) electrons. The highest BCUT2D eigenvalue weighted by molar-refractivity contribution is 9.10. The van der Waals surface area contributed by atoms with Crippen molar-refractivity contribution >= 4 is 28.1 Å². The van der Waals surface area contributed by atoms with Crippen LogP contribution in [0.2, 0.25) is 0 Å². The number of carbonyl (C=O) groups is 1. The first-order chi connectivity index (χ1) is 9.67. The van der Waals surface area contributed by atoms with Crippen molar-refractivity contribution in [3.8, 4) is 5.75 Å². The molecule has 4 nitrogen and oxygen atoms in total. The monoisotopic (exact) mass is 341 g/mol. The van der Waals surface area contributed by atoms with E-state index in [2.05, 4.69) is 33.8 Å². The van der Waals surface area contributed by atoms with E-state index in [0.29, 0.717) is 18.3 Å². The van der Waals surface area contributed by atoms with Gasteiger partial charge in [-0.05, 0) is 38.8 Å². The molecular formula is C15H20BrNO3. The Morgan fingerprint density at radius 1 is 1.45 bits per heavy atom. The summed E-state index contributed by atoms with van der Waals surface area (Å²) in [4.78, 5) is 13.0. The molecule has 20 heavy (non-hydrogen) atoms. The summed E-state index contributed by atoms with van der Waals surface area (Å²) in [5.74, 6) is 0.606. The Morgan fingerprint density at radius 2 is 2.15 bits per heavy atom. The molecule has 0 N–H and O–H groups in total. The number of hydrogen-bond donors (Lipinski definition) is 0. The minimum Gasteiger partial charge on any atom is -0.428 e. The van der Waals surface area contributed by atoms with Crippen LogP contribution in [0, 0.1) is 6.92 Å². The minimum absolute atomic E-state index is 0.475. The van der Waals surface area contributed by atoms with Crippen LogP contribution in [0.5, 0.6) is 5.75 Å². The largest absolute Gasteiger partial charge is 0.428 e. The molecule has 1 aliphatic rings. The zero-order chi connectivity index (χ0) is 14.5. The number of ether oxygens (including phenoxy) is 2. The van der Waals surface area contributed by atoms with E-state index in [4.69, 9.17) is 9.47 Å². The first kappa shape index (κ1) is 15.3. The van der Waals surface area contributed by atoms with E-state index in [1.165, 1.54) is 0 Å². The second-order valence-corrected chi connectivity index (χ2v) is 5.81. The van der Waals surface area contributed by atoms with Gasteiger partial charge < -0.3 is 14.4 Å². The summed E-state index contributed by atoms with van der Waals surface area (Å²) >= 11 is 3.49. The molecule has 5 heteroatoms. The second-order valence-electron chi connectivity index (χ2n) is 4.89. The van der Waals surface area contributed by atoms with Crippen molar-refractivity contribution in [2.75, 3.05) is 24.7 Å². The Bertz CT molecular complexity index is 472. The fraction of sp³-hybridized carbons (Fsp3) is 0.533. The van der Waals surface area contributed by atoms with Crippen LogP contribution in [0.15, 0.2) is 16.6 Å². The average molecular weight is 342 g/mol. The Balaban J connectivity index is 2.34. The van der Waals surface area contributed by atoms with Gasteiger partial charge in [0.05, 0.1) is 0 Å². The van der Waals surface area contributed by atoms with Crippen LogP contribution in [-0.4, -0.2) is 32.3 Å². The fourth-order valence-corrected chi connectivity index (χ4v) is 3.16. The van der Waals surface area contributed by atoms with Crippen molar-refractivity contribution in [1.29, 1.82) is 0 Å². The summed E-state index contributed by atoms with van der Waals surface area (Å²) in [6.45, 7) is 7.16. The van der Waals surface area contributed by atoms with Gasteiger partial charge >= 0.3 is 0 Å². The normalized spacial score (nSPS) is 15.9. The lowest BCUT2D eigenvalue weighted by Gasteiger charge is -2.36. The molecule has 1 saturated heterocycles. The van der Waals surface area contributed by atoms with Crippen LogP contribution < -0.4 is 9.64 Å². The SMILES string of the molecule is CCN(c1cc(Br)cc(OC=O)c1C)C1CCOCC1. The molecule has 1 aromatic carbocycles. The number of benzene rings is 1. The van der Waals surface area contributed by atoms with E-state index in [0.717, 1.165) is 48.3 Å².